The van der Waals surface area contributed by atoms with Gasteiger partial charge in [-0.15, -0.1) is 0 Å². The Morgan fingerprint density at radius 1 is 1.13 bits per heavy atom. The maximum absolute atomic E-state index is 13.5. The van der Waals surface area contributed by atoms with Crippen LogP contribution in [0.1, 0.15) is 24.0 Å². The van der Waals surface area contributed by atoms with Crippen LogP contribution in [-0.4, -0.2) is 56.6 Å². The minimum Gasteiger partial charge on any atom is -0.493 e. The number of methoxy groups -OCH3 is 2. The molecule has 1 atom stereocenters. The summed E-state index contributed by atoms with van der Waals surface area (Å²) >= 11 is 0. The van der Waals surface area contributed by atoms with E-state index in [2.05, 4.69) is 4.90 Å². The molecule has 3 rings (SSSR count). The smallest absolute Gasteiger partial charge is 0.226 e. The molecule has 0 aliphatic carbocycles. The lowest BCUT2D eigenvalue weighted by molar-refractivity contribution is -0.136. The second-order valence-corrected chi connectivity index (χ2v) is 7.90. The third-order valence-corrected chi connectivity index (χ3v) is 5.71. The normalized spacial score (nSPS) is 16.9. The van der Waals surface area contributed by atoms with Gasteiger partial charge in [-0.05, 0) is 61.2 Å². The highest BCUT2D eigenvalue weighted by molar-refractivity contribution is 5.79. The maximum Gasteiger partial charge on any atom is 0.226 e. The van der Waals surface area contributed by atoms with E-state index in [0.717, 1.165) is 43.5 Å². The SMILES string of the molecule is COc1ccc(CCN(C)C(=O)[C@H]2CCCN(Cc3cccc(F)c3)C2)cc1OC. The first-order chi connectivity index (χ1) is 14.5. The molecule has 0 saturated carbocycles. The van der Waals surface area contributed by atoms with Crippen molar-refractivity contribution in [2.24, 2.45) is 5.92 Å². The number of rotatable bonds is 8. The lowest BCUT2D eigenvalue weighted by Gasteiger charge is -2.34. The minimum atomic E-state index is -0.216. The van der Waals surface area contributed by atoms with Crippen molar-refractivity contribution in [1.29, 1.82) is 0 Å². The van der Waals surface area contributed by atoms with Crippen LogP contribution in [0.2, 0.25) is 0 Å². The Bertz CT molecular complexity index is 858. The summed E-state index contributed by atoms with van der Waals surface area (Å²) in [7, 11) is 5.11. The van der Waals surface area contributed by atoms with E-state index in [0.29, 0.717) is 24.6 Å². The van der Waals surface area contributed by atoms with E-state index in [1.165, 1.54) is 6.07 Å². The lowest BCUT2D eigenvalue weighted by Crippen LogP contribution is -2.43. The summed E-state index contributed by atoms with van der Waals surface area (Å²) in [6.07, 6.45) is 2.64. The Morgan fingerprint density at radius 3 is 2.67 bits per heavy atom. The van der Waals surface area contributed by atoms with Crippen LogP contribution in [0, 0.1) is 11.7 Å². The molecule has 2 aromatic rings. The quantitative estimate of drug-likeness (QED) is 0.660. The van der Waals surface area contributed by atoms with Crippen LogP contribution in [0.3, 0.4) is 0 Å². The summed E-state index contributed by atoms with van der Waals surface area (Å²) in [5.74, 6) is 1.35. The summed E-state index contributed by atoms with van der Waals surface area (Å²) in [5.41, 5.74) is 2.05. The fourth-order valence-electron chi connectivity index (χ4n) is 4.05. The number of carbonyl (C=O) groups is 1. The summed E-state index contributed by atoms with van der Waals surface area (Å²) in [6, 6.07) is 12.5. The Kier molecular flexibility index (Phi) is 7.69. The van der Waals surface area contributed by atoms with Crippen molar-refractivity contribution in [3.8, 4) is 11.5 Å². The van der Waals surface area contributed by atoms with E-state index in [-0.39, 0.29) is 17.6 Å². The average Bonchev–Trinajstić information content (AvgIpc) is 2.76. The molecule has 0 bridgehead atoms. The molecule has 5 nitrogen and oxygen atoms in total. The van der Waals surface area contributed by atoms with Crippen molar-refractivity contribution in [3.05, 3.63) is 59.4 Å². The predicted octanol–water partition coefficient (Wildman–Crippen LogP) is 3.76. The number of halogens is 1. The second kappa shape index (κ2) is 10.4. The van der Waals surface area contributed by atoms with Gasteiger partial charge in [0, 0.05) is 26.7 Å². The molecule has 0 N–H and O–H groups in total. The highest BCUT2D eigenvalue weighted by Gasteiger charge is 2.28. The number of benzene rings is 2. The van der Waals surface area contributed by atoms with Gasteiger partial charge in [0.1, 0.15) is 5.82 Å². The van der Waals surface area contributed by atoms with Crippen LogP contribution in [0.15, 0.2) is 42.5 Å². The molecule has 1 saturated heterocycles. The Morgan fingerprint density at radius 2 is 1.93 bits per heavy atom. The van der Waals surface area contributed by atoms with Gasteiger partial charge in [-0.3, -0.25) is 9.69 Å². The maximum atomic E-state index is 13.5. The molecule has 1 heterocycles. The van der Waals surface area contributed by atoms with Crippen molar-refractivity contribution in [2.75, 3.05) is 40.9 Å². The topological polar surface area (TPSA) is 42.0 Å². The van der Waals surface area contributed by atoms with E-state index in [1.807, 2.05) is 36.2 Å². The van der Waals surface area contributed by atoms with Crippen LogP contribution in [0.25, 0.3) is 0 Å². The molecule has 0 unspecified atom stereocenters. The van der Waals surface area contributed by atoms with Crippen molar-refractivity contribution in [2.45, 2.75) is 25.8 Å². The molecule has 1 aliphatic rings. The molecule has 0 spiro atoms. The van der Waals surface area contributed by atoms with Gasteiger partial charge in [-0.1, -0.05) is 18.2 Å². The van der Waals surface area contributed by atoms with E-state index >= 15 is 0 Å². The molecule has 2 aromatic carbocycles. The van der Waals surface area contributed by atoms with Crippen LogP contribution in [0.5, 0.6) is 11.5 Å². The van der Waals surface area contributed by atoms with Crippen molar-refractivity contribution in [3.63, 3.8) is 0 Å². The average molecular weight is 415 g/mol. The van der Waals surface area contributed by atoms with Crippen molar-refractivity contribution in [1.82, 2.24) is 9.80 Å². The minimum absolute atomic E-state index is 0.0114. The number of likely N-dealkylation sites (tertiary alicyclic amines) is 1. The zero-order chi connectivity index (χ0) is 21.5. The Labute approximate surface area is 178 Å². The van der Waals surface area contributed by atoms with E-state index in [1.54, 1.807) is 26.4 Å². The third-order valence-electron chi connectivity index (χ3n) is 5.71. The largest absolute Gasteiger partial charge is 0.493 e. The number of amides is 1. The molecule has 1 amide bonds. The molecule has 1 fully saturated rings. The van der Waals surface area contributed by atoms with Gasteiger partial charge < -0.3 is 14.4 Å². The summed E-state index contributed by atoms with van der Waals surface area (Å²) in [6.45, 7) is 2.98. The standard InChI is InChI=1S/C24H31FN2O3/c1-26(13-11-18-9-10-22(29-2)23(15-18)30-3)24(28)20-7-5-12-27(17-20)16-19-6-4-8-21(25)14-19/h4,6,8-10,14-15,20H,5,7,11-13,16-17H2,1-3H3/t20-/m0/s1. The summed E-state index contributed by atoms with van der Waals surface area (Å²) in [5, 5.41) is 0. The number of nitrogens with zero attached hydrogens (tertiary/aromatic N) is 2. The van der Waals surface area contributed by atoms with Gasteiger partial charge in [0.15, 0.2) is 11.5 Å². The molecule has 0 aromatic heterocycles. The molecule has 30 heavy (non-hydrogen) atoms. The van der Waals surface area contributed by atoms with Crippen molar-refractivity contribution < 1.29 is 18.7 Å². The lowest BCUT2D eigenvalue weighted by atomic mass is 9.96. The Balaban J connectivity index is 1.53. The first-order valence-corrected chi connectivity index (χ1v) is 10.4. The molecule has 162 valence electrons. The van der Waals surface area contributed by atoms with E-state index < -0.39 is 0 Å². The first kappa shape index (κ1) is 22.1. The third kappa shape index (κ3) is 5.72. The Hall–Kier alpha value is -2.60. The number of carbonyl (C=O) groups excluding carboxylic acids is 1. The predicted molar refractivity (Wildman–Crippen MR) is 115 cm³/mol. The fourth-order valence-corrected chi connectivity index (χ4v) is 4.05. The van der Waals surface area contributed by atoms with Crippen LogP contribution in [0.4, 0.5) is 4.39 Å². The number of ether oxygens (including phenoxy) is 2. The number of likely N-dealkylation sites (N-methyl/N-ethyl adjacent to an activating group) is 1. The fraction of sp³-hybridized carbons (Fsp3) is 0.458. The second-order valence-electron chi connectivity index (χ2n) is 7.90. The highest BCUT2D eigenvalue weighted by atomic mass is 19.1. The number of piperidine rings is 1. The molecule has 1 aliphatic heterocycles. The highest BCUT2D eigenvalue weighted by Crippen LogP contribution is 2.28. The van der Waals surface area contributed by atoms with E-state index in [9.17, 15) is 9.18 Å². The molecular weight excluding hydrogens is 383 g/mol. The summed E-state index contributed by atoms with van der Waals surface area (Å²) < 4.78 is 24.1. The molecule has 6 heteroatoms. The number of hydrogen-bond acceptors (Lipinski definition) is 4. The van der Waals surface area contributed by atoms with Gasteiger partial charge in [0.25, 0.3) is 0 Å². The molecular formula is C24H31FN2O3. The zero-order valence-corrected chi connectivity index (χ0v) is 18.1. The number of hydrogen-bond donors (Lipinski definition) is 0. The van der Waals surface area contributed by atoms with Crippen molar-refractivity contribution >= 4 is 5.91 Å². The van der Waals surface area contributed by atoms with Gasteiger partial charge in [-0.25, -0.2) is 4.39 Å². The first-order valence-electron chi connectivity index (χ1n) is 10.4. The van der Waals surface area contributed by atoms with Gasteiger partial charge in [0.2, 0.25) is 5.91 Å². The van der Waals surface area contributed by atoms with Gasteiger partial charge in [0.05, 0.1) is 20.1 Å². The zero-order valence-electron chi connectivity index (χ0n) is 18.1. The van der Waals surface area contributed by atoms with Gasteiger partial charge >= 0.3 is 0 Å². The van der Waals surface area contributed by atoms with Crippen LogP contribution >= 0.6 is 0 Å². The van der Waals surface area contributed by atoms with E-state index in [4.69, 9.17) is 9.47 Å². The van der Waals surface area contributed by atoms with Crippen LogP contribution < -0.4 is 9.47 Å². The molecule has 0 radical (unpaired) electrons. The monoisotopic (exact) mass is 414 g/mol. The van der Waals surface area contributed by atoms with Crippen LogP contribution in [-0.2, 0) is 17.8 Å². The summed E-state index contributed by atoms with van der Waals surface area (Å²) in [4.78, 5) is 17.1. The van der Waals surface area contributed by atoms with Gasteiger partial charge in [-0.2, -0.15) is 0 Å².